The van der Waals surface area contributed by atoms with Gasteiger partial charge in [-0.2, -0.15) is 0 Å². The van der Waals surface area contributed by atoms with Crippen LogP contribution >= 0.6 is 0 Å². The van der Waals surface area contributed by atoms with Crippen molar-refractivity contribution in [1.82, 2.24) is 0 Å². The molecule has 0 radical (unpaired) electrons. The van der Waals surface area contributed by atoms with Gasteiger partial charge in [0, 0.05) is 6.42 Å². The first-order valence-electron chi connectivity index (χ1n) is 3.85. The lowest BCUT2D eigenvalue weighted by atomic mass is 10.0. The summed E-state index contributed by atoms with van der Waals surface area (Å²) in [6, 6.07) is 0. The van der Waals surface area contributed by atoms with E-state index in [1.54, 1.807) is 13.8 Å². The van der Waals surface area contributed by atoms with Crippen molar-refractivity contribution >= 4 is 11.6 Å². The quantitative estimate of drug-likeness (QED) is 0.552. The van der Waals surface area contributed by atoms with E-state index in [9.17, 15) is 9.59 Å². The van der Waals surface area contributed by atoms with Crippen molar-refractivity contribution in [2.75, 3.05) is 6.61 Å². The number of aliphatic hydroxyl groups is 2. The lowest BCUT2D eigenvalue weighted by molar-refractivity contribution is -0.143. The van der Waals surface area contributed by atoms with Crippen molar-refractivity contribution in [2.45, 2.75) is 26.4 Å². The molecule has 2 N–H and O–H groups in total. The number of rotatable bonds is 5. The van der Waals surface area contributed by atoms with E-state index in [0.717, 1.165) is 0 Å². The topological polar surface area (TPSA) is 74.6 Å². The highest BCUT2D eigenvalue weighted by atomic mass is 16.3. The highest BCUT2D eigenvalue weighted by Gasteiger charge is 2.22. The maximum atomic E-state index is 10.9. The van der Waals surface area contributed by atoms with Crippen LogP contribution in [0, 0.1) is 5.92 Å². The molecule has 12 heavy (non-hydrogen) atoms. The van der Waals surface area contributed by atoms with Crippen LogP contribution in [-0.2, 0) is 9.59 Å². The number of ketones is 2. The van der Waals surface area contributed by atoms with Gasteiger partial charge in [-0.15, -0.1) is 0 Å². The molecule has 0 rings (SSSR count). The molecule has 0 fully saturated rings. The molecule has 0 unspecified atom stereocenters. The van der Waals surface area contributed by atoms with Gasteiger partial charge in [0.05, 0.1) is 6.61 Å². The second-order valence-electron chi connectivity index (χ2n) is 3.08. The summed E-state index contributed by atoms with van der Waals surface area (Å²) in [5, 5.41) is 17.2. The fourth-order valence-corrected chi connectivity index (χ4v) is 0.740. The second-order valence-corrected chi connectivity index (χ2v) is 3.08. The molecular weight excluding hydrogens is 160 g/mol. The molecule has 0 aromatic heterocycles. The Morgan fingerprint density at radius 2 is 1.83 bits per heavy atom. The molecule has 70 valence electrons. The molecule has 0 heterocycles. The Hall–Kier alpha value is -0.740. The molecule has 1 atom stereocenters. The Morgan fingerprint density at radius 1 is 1.33 bits per heavy atom. The van der Waals surface area contributed by atoms with Crippen molar-refractivity contribution in [3.63, 3.8) is 0 Å². The highest BCUT2D eigenvalue weighted by molar-refractivity contribution is 6.38. The van der Waals surface area contributed by atoms with Crippen LogP contribution in [-0.4, -0.2) is 34.5 Å². The summed E-state index contributed by atoms with van der Waals surface area (Å²) in [4.78, 5) is 21.8. The third-order valence-corrected chi connectivity index (χ3v) is 1.34. The predicted octanol–water partition coefficient (Wildman–Crippen LogP) is -0.476. The van der Waals surface area contributed by atoms with E-state index >= 15 is 0 Å². The highest BCUT2D eigenvalue weighted by Crippen LogP contribution is 2.02. The molecule has 0 aromatic rings. The van der Waals surface area contributed by atoms with Crippen LogP contribution in [0.25, 0.3) is 0 Å². The van der Waals surface area contributed by atoms with E-state index < -0.39 is 24.3 Å². The number of carbonyl (C=O) groups is 2. The molecule has 0 aliphatic rings. The summed E-state index contributed by atoms with van der Waals surface area (Å²) in [7, 11) is 0. The predicted molar refractivity (Wildman–Crippen MR) is 42.6 cm³/mol. The van der Waals surface area contributed by atoms with E-state index in [1.807, 2.05) is 0 Å². The van der Waals surface area contributed by atoms with Gasteiger partial charge < -0.3 is 10.2 Å². The van der Waals surface area contributed by atoms with Gasteiger partial charge in [-0.1, -0.05) is 13.8 Å². The molecule has 0 aliphatic heterocycles. The third kappa shape index (κ3) is 3.59. The fraction of sp³-hybridized carbons (Fsp3) is 0.750. The van der Waals surface area contributed by atoms with Crippen molar-refractivity contribution in [3.8, 4) is 0 Å². The fourth-order valence-electron chi connectivity index (χ4n) is 0.740. The van der Waals surface area contributed by atoms with Crippen molar-refractivity contribution < 1.29 is 19.8 Å². The molecule has 0 saturated heterocycles. The van der Waals surface area contributed by atoms with Gasteiger partial charge >= 0.3 is 0 Å². The van der Waals surface area contributed by atoms with Gasteiger partial charge in [0.1, 0.15) is 6.10 Å². The summed E-state index contributed by atoms with van der Waals surface area (Å²) in [5.41, 5.74) is 0. The van der Waals surface area contributed by atoms with Gasteiger partial charge in [0.2, 0.25) is 11.6 Å². The number of carbonyl (C=O) groups excluding carboxylic acids is 2. The minimum absolute atomic E-state index is 0.0901. The third-order valence-electron chi connectivity index (χ3n) is 1.34. The second kappa shape index (κ2) is 5.00. The van der Waals surface area contributed by atoms with E-state index in [1.165, 1.54) is 0 Å². The number of Topliss-reactive ketones (excluding diaryl/α,β-unsaturated/α-hetero) is 2. The zero-order valence-electron chi connectivity index (χ0n) is 7.28. The van der Waals surface area contributed by atoms with Gasteiger partial charge in [-0.25, -0.2) is 0 Å². The molecule has 0 saturated carbocycles. The normalized spacial score (nSPS) is 13.1. The van der Waals surface area contributed by atoms with Crippen LogP contribution in [0.15, 0.2) is 0 Å². The molecule has 0 aromatic carbocycles. The first-order chi connectivity index (χ1) is 5.49. The van der Waals surface area contributed by atoms with Crippen LogP contribution in [0.1, 0.15) is 20.3 Å². The first kappa shape index (κ1) is 11.3. The average Bonchev–Trinajstić information content (AvgIpc) is 2.00. The van der Waals surface area contributed by atoms with Crippen LogP contribution in [0.4, 0.5) is 0 Å². The summed E-state index contributed by atoms with van der Waals surface area (Å²) >= 11 is 0. The molecule has 0 spiro atoms. The standard InChI is InChI=1S/C8H14O4/c1-5(2)3-6(10)8(12)7(11)4-9/h5,7,9,11H,3-4H2,1-2H3/t7-/m0/s1. The summed E-state index contributed by atoms with van der Waals surface area (Å²) < 4.78 is 0. The van der Waals surface area contributed by atoms with Crippen LogP contribution in [0.3, 0.4) is 0 Å². The van der Waals surface area contributed by atoms with Crippen molar-refractivity contribution in [2.24, 2.45) is 5.92 Å². The Bertz CT molecular complexity index is 174. The van der Waals surface area contributed by atoms with Crippen LogP contribution < -0.4 is 0 Å². The molecule has 4 nitrogen and oxygen atoms in total. The van der Waals surface area contributed by atoms with Crippen molar-refractivity contribution in [3.05, 3.63) is 0 Å². The average molecular weight is 174 g/mol. The van der Waals surface area contributed by atoms with Crippen molar-refractivity contribution in [1.29, 1.82) is 0 Å². The minimum Gasteiger partial charge on any atom is -0.393 e. The molecule has 4 heteroatoms. The van der Waals surface area contributed by atoms with E-state index in [0.29, 0.717) is 0 Å². The molecule has 0 amide bonds. The molecule has 0 aliphatic carbocycles. The van der Waals surface area contributed by atoms with Gasteiger partial charge in [0.15, 0.2) is 0 Å². The Balaban J connectivity index is 4.02. The maximum absolute atomic E-state index is 10.9. The Kier molecular flexibility index (Phi) is 4.70. The Morgan fingerprint density at radius 3 is 2.17 bits per heavy atom. The van der Waals surface area contributed by atoms with E-state index in [2.05, 4.69) is 0 Å². The van der Waals surface area contributed by atoms with Gasteiger partial charge in [-0.3, -0.25) is 9.59 Å². The van der Waals surface area contributed by atoms with Gasteiger partial charge in [-0.05, 0) is 5.92 Å². The van der Waals surface area contributed by atoms with Crippen LogP contribution in [0.5, 0.6) is 0 Å². The number of hydrogen-bond acceptors (Lipinski definition) is 4. The smallest absolute Gasteiger partial charge is 0.229 e. The summed E-state index contributed by atoms with van der Waals surface area (Å²) in [5.74, 6) is -1.43. The Labute approximate surface area is 71.2 Å². The van der Waals surface area contributed by atoms with Crippen LogP contribution in [0.2, 0.25) is 0 Å². The zero-order chi connectivity index (χ0) is 9.72. The largest absolute Gasteiger partial charge is 0.393 e. The lowest BCUT2D eigenvalue weighted by Gasteiger charge is -2.06. The first-order valence-corrected chi connectivity index (χ1v) is 3.85. The number of aliphatic hydroxyl groups excluding tert-OH is 2. The number of hydrogen-bond donors (Lipinski definition) is 2. The van der Waals surface area contributed by atoms with E-state index in [-0.39, 0.29) is 12.3 Å². The zero-order valence-corrected chi connectivity index (χ0v) is 7.28. The lowest BCUT2D eigenvalue weighted by Crippen LogP contribution is -2.31. The molecule has 0 bridgehead atoms. The summed E-state index contributed by atoms with van der Waals surface area (Å²) in [6.07, 6.45) is -1.42. The maximum Gasteiger partial charge on any atom is 0.229 e. The minimum atomic E-state index is -1.55. The SMILES string of the molecule is CC(C)CC(=O)C(=O)[C@@H](O)CO. The van der Waals surface area contributed by atoms with Gasteiger partial charge in [0.25, 0.3) is 0 Å². The molecular formula is C8H14O4. The van der Waals surface area contributed by atoms with E-state index in [4.69, 9.17) is 10.2 Å². The summed E-state index contributed by atoms with van der Waals surface area (Å²) in [6.45, 7) is 2.91. The monoisotopic (exact) mass is 174 g/mol.